The number of rotatable bonds is 8. The van der Waals surface area contributed by atoms with Crippen molar-refractivity contribution >= 4 is 12.2 Å². The molecule has 5 rings (SSSR count). The monoisotopic (exact) mass is 492 g/mol. The van der Waals surface area contributed by atoms with Gasteiger partial charge in [0.2, 0.25) is 5.82 Å². The normalized spacial score (nSPS) is 10.9. The van der Waals surface area contributed by atoms with Crippen molar-refractivity contribution < 1.29 is 9.59 Å². The molecule has 0 amide bonds. The molecule has 0 fully saturated rings. The molecule has 0 atom stereocenters. The standard InChI is InChI=1S/C28H24N6O3/c1-2-8-24-25(18-35)34(27(36)21-9-4-3-5-10-21)28(37)33(24)17-19-13-15-20(16-14-19)22-11-6-7-12-23(22)26-29-31-32-30-26/h3-7,9-16,18H,2,8,17H2,1H3,(H,29,30,31,32). The highest BCUT2D eigenvalue weighted by atomic mass is 16.2. The minimum Gasteiger partial charge on any atom is -0.296 e. The van der Waals surface area contributed by atoms with Crippen molar-refractivity contribution in [3.8, 4) is 22.5 Å². The molecule has 0 aliphatic heterocycles. The fourth-order valence-electron chi connectivity index (χ4n) is 4.47. The molecule has 2 aromatic heterocycles. The summed E-state index contributed by atoms with van der Waals surface area (Å²) in [5, 5.41) is 14.3. The first-order valence-electron chi connectivity index (χ1n) is 11.9. The van der Waals surface area contributed by atoms with E-state index in [1.165, 1.54) is 4.57 Å². The summed E-state index contributed by atoms with van der Waals surface area (Å²) >= 11 is 0. The van der Waals surface area contributed by atoms with E-state index in [1.807, 2.05) is 55.5 Å². The Kier molecular flexibility index (Phi) is 6.67. The zero-order valence-corrected chi connectivity index (χ0v) is 20.2. The van der Waals surface area contributed by atoms with Crippen molar-refractivity contribution in [2.45, 2.75) is 26.3 Å². The summed E-state index contributed by atoms with van der Waals surface area (Å²) < 4.78 is 2.51. The van der Waals surface area contributed by atoms with Crippen LogP contribution in [0.15, 0.2) is 83.7 Å². The van der Waals surface area contributed by atoms with Gasteiger partial charge < -0.3 is 0 Å². The molecule has 5 aromatic rings. The van der Waals surface area contributed by atoms with E-state index >= 15 is 0 Å². The third-order valence-corrected chi connectivity index (χ3v) is 6.23. The molecular formula is C28H24N6O3. The minimum atomic E-state index is -0.522. The van der Waals surface area contributed by atoms with Gasteiger partial charge in [0, 0.05) is 11.1 Å². The van der Waals surface area contributed by atoms with Crippen molar-refractivity contribution in [2.24, 2.45) is 0 Å². The first-order chi connectivity index (χ1) is 18.1. The molecule has 0 bridgehead atoms. The van der Waals surface area contributed by atoms with E-state index in [-0.39, 0.29) is 12.2 Å². The third-order valence-electron chi connectivity index (χ3n) is 6.23. The van der Waals surface area contributed by atoms with Crippen LogP contribution in [-0.2, 0) is 13.0 Å². The van der Waals surface area contributed by atoms with E-state index in [2.05, 4.69) is 20.6 Å². The number of nitrogens with one attached hydrogen (secondary N) is 1. The summed E-state index contributed by atoms with van der Waals surface area (Å²) in [5.41, 5.74) is 4.09. The lowest BCUT2D eigenvalue weighted by Crippen LogP contribution is -2.31. The second-order valence-corrected chi connectivity index (χ2v) is 8.55. The highest BCUT2D eigenvalue weighted by molar-refractivity contribution is 5.99. The number of aromatic amines is 1. The van der Waals surface area contributed by atoms with Crippen molar-refractivity contribution in [3.05, 3.63) is 112 Å². The Bertz CT molecular complexity index is 1600. The maximum Gasteiger partial charge on any atom is 0.336 e. The summed E-state index contributed by atoms with van der Waals surface area (Å²) in [6, 6.07) is 24.1. The average Bonchev–Trinajstić information content (AvgIpc) is 3.57. The average molecular weight is 493 g/mol. The Labute approximate surface area is 212 Å². The zero-order valence-electron chi connectivity index (χ0n) is 20.2. The Morgan fingerprint density at radius 3 is 2.30 bits per heavy atom. The van der Waals surface area contributed by atoms with Crippen LogP contribution in [0, 0.1) is 0 Å². The van der Waals surface area contributed by atoms with Crippen LogP contribution in [0.25, 0.3) is 22.5 Å². The topological polar surface area (TPSA) is 116 Å². The van der Waals surface area contributed by atoms with E-state index in [9.17, 15) is 14.4 Å². The molecule has 2 heterocycles. The second-order valence-electron chi connectivity index (χ2n) is 8.55. The molecule has 0 radical (unpaired) electrons. The van der Waals surface area contributed by atoms with Crippen LogP contribution >= 0.6 is 0 Å². The number of hydrogen-bond acceptors (Lipinski definition) is 6. The van der Waals surface area contributed by atoms with Gasteiger partial charge in [-0.3, -0.25) is 14.2 Å². The summed E-state index contributed by atoms with van der Waals surface area (Å²) in [6.45, 7) is 2.20. The van der Waals surface area contributed by atoms with Crippen LogP contribution in [0.2, 0.25) is 0 Å². The van der Waals surface area contributed by atoms with Crippen LogP contribution in [0.3, 0.4) is 0 Å². The van der Waals surface area contributed by atoms with Gasteiger partial charge in [-0.2, -0.15) is 5.21 Å². The molecule has 0 spiro atoms. The summed E-state index contributed by atoms with van der Waals surface area (Å²) in [7, 11) is 0. The predicted octanol–water partition coefficient (Wildman–Crippen LogP) is 4.00. The Hall–Kier alpha value is -4.92. The van der Waals surface area contributed by atoms with Gasteiger partial charge in [0.25, 0.3) is 5.91 Å². The van der Waals surface area contributed by atoms with Crippen molar-refractivity contribution in [3.63, 3.8) is 0 Å². The number of carbonyl (C=O) groups excluding carboxylic acids is 2. The number of tetrazole rings is 1. The smallest absolute Gasteiger partial charge is 0.296 e. The van der Waals surface area contributed by atoms with Crippen molar-refractivity contribution in [2.75, 3.05) is 0 Å². The number of imidazole rings is 1. The number of carbonyl (C=O) groups is 2. The van der Waals surface area contributed by atoms with E-state index in [4.69, 9.17) is 0 Å². The fourth-order valence-corrected chi connectivity index (χ4v) is 4.47. The Morgan fingerprint density at radius 2 is 1.65 bits per heavy atom. The minimum absolute atomic E-state index is 0.103. The number of aldehydes is 1. The molecule has 9 heteroatoms. The molecule has 3 aromatic carbocycles. The van der Waals surface area contributed by atoms with Gasteiger partial charge >= 0.3 is 5.69 Å². The lowest BCUT2D eigenvalue weighted by Gasteiger charge is -2.10. The maximum atomic E-state index is 13.5. The SMILES string of the molecule is CCCc1c(C=O)n(C(=O)c2ccccc2)c(=O)n1Cc1ccc(-c2ccccc2-c2nn[nH]n2)cc1. The predicted molar refractivity (Wildman–Crippen MR) is 138 cm³/mol. The van der Waals surface area contributed by atoms with Gasteiger partial charge in [0.1, 0.15) is 5.69 Å². The lowest BCUT2D eigenvalue weighted by atomic mass is 9.98. The van der Waals surface area contributed by atoms with Gasteiger partial charge in [-0.15, -0.1) is 10.2 Å². The van der Waals surface area contributed by atoms with Gasteiger partial charge in [-0.05, 0) is 40.5 Å². The van der Waals surface area contributed by atoms with Crippen molar-refractivity contribution in [1.82, 2.24) is 29.8 Å². The van der Waals surface area contributed by atoms with Gasteiger partial charge in [0.05, 0.1) is 12.2 Å². The highest BCUT2D eigenvalue weighted by Crippen LogP contribution is 2.29. The summed E-state index contributed by atoms with van der Waals surface area (Å²) in [5.74, 6) is -0.0153. The lowest BCUT2D eigenvalue weighted by molar-refractivity contribution is 0.0942. The molecule has 37 heavy (non-hydrogen) atoms. The first kappa shape index (κ1) is 23.8. The van der Waals surface area contributed by atoms with Crippen LogP contribution in [0.1, 0.15) is 45.4 Å². The molecular weight excluding hydrogens is 468 g/mol. The van der Waals surface area contributed by atoms with E-state index in [0.29, 0.717) is 29.8 Å². The second kappa shape index (κ2) is 10.4. The van der Waals surface area contributed by atoms with E-state index in [0.717, 1.165) is 33.2 Å². The molecule has 184 valence electrons. The Morgan fingerprint density at radius 1 is 0.946 bits per heavy atom. The zero-order chi connectivity index (χ0) is 25.8. The Balaban J connectivity index is 1.51. The van der Waals surface area contributed by atoms with Crippen LogP contribution in [0.4, 0.5) is 0 Å². The molecule has 0 aliphatic carbocycles. The number of aromatic nitrogens is 6. The van der Waals surface area contributed by atoms with Gasteiger partial charge in [-0.25, -0.2) is 9.36 Å². The highest BCUT2D eigenvalue weighted by Gasteiger charge is 2.24. The van der Waals surface area contributed by atoms with Gasteiger partial charge in [-0.1, -0.05) is 80.1 Å². The largest absolute Gasteiger partial charge is 0.336 e. The molecule has 0 aliphatic rings. The number of benzene rings is 3. The first-order valence-corrected chi connectivity index (χ1v) is 11.9. The molecule has 0 saturated carbocycles. The third kappa shape index (κ3) is 4.54. The van der Waals surface area contributed by atoms with E-state index < -0.39 is 11.6 Å². The summed E-state index contributed by atoms with van der Waals surface area (Å²) in [6.07, 6.45) is 1.81. The van der Waals surface area contributed by atoms with Crippen LogP contribution in [0.5, 0.6) is 0 Å². The quantitative estimate of drug-likeness (QED) is 0.328. The molecule has 9 nitrogen and oxygen atoms in total. The summed E-state index contributed by atoms with van der Waals surface area (Å²) in [4.78, 5) is 38.7. The number of nitrogens with zero attached hydrogens (tertiary/aromatic N) is 5. The van der Waals surface area contributed by atoms with Crippen LogP contribution in [-0.4, -0.2) is 42.0 Å². The maximum absolute atomic E-state index is 13.5. The van der Waals surface area contributed by atoms with Gasteiger partial charge in [0.15, 0.2) is 6.29 Å². The molecule has 0 saturated heterocycles. The van der Waals surface area contributed by atoms with Crippen LogP contribution < -0.4 is 5.69 Å². The number of H-pyrrole nitrogens is 1. The van der Waals surface area contributed by atoms with E-state index in [1.54, 1.807) is 30.3 Å². The molecule has 1 N–H and O–H groups in total. The number of hydrogen-bond donors (Lipinski definition) is 1. The van der Waals surface area contributed by atoms with Crippen molar-refractivity contribution in [1.29, 1.82) is 0 Å². The fraction of sp³-hybridized carbons (Fsp3) is 0.143. The molecule has 0 unspecified atom stereocenters.